The average molecular weight is 433 g/mol. The van der Waals surface area contributed by atoms with Crippen LogP contribution in [0.1, 0.15) is 48.1 Å². The predicted octanol–water partition coefficient (Wildman–Crippen LogP) is 4.04. The minimum atomic E-state index is -3.46. The molecule has 30 heavy (non-hydrogen) atoms. The molecule has 6 nitrogen and oxygen atoms in total. The zero-order valence-corrected chi connectivity index (χ0v) is 19.5. The van der Waals surface area contributed by atoms with E-state index < -0.39 is 10.0 Å². The maximum atomic E-state index is 12.4. The lowest BCUT2D eigenvalue weighted by Gasteiger charge is -2.23. The van der Waals surface area contributed by atoms with Gasteiger partial charge in [-0.05, 0) is 80.6 Å². The molecule has 1 atom stereocenters. The summed E-state index contributed by atoms with van der Waals surface area (Å²) in [6, 6.07) is 11.0. The molecule has 0 saturated carbocycles. The molecule has 0 spiro atoms. The van der Waals surface area contributed by atoms with E-state index in [2.05, 4.69) is 31.3 Å². The third-order valence-corrected chi connectivity index (χ3v) is 6.45. The molecule has 0 aromatic heterocycles. The van der Waals surface area contributed by atoms with Crippen LogP contribution in [0.2, 0.25) is 0 Å². The van der Waals surface area contributed by atoms with Crippen molar-refractivity contribution < 1.29 is 17.9 Å². The van der Waals surface area contributed by atoms with Crippen LogP contribution in [0, 0.1) is 20.8 Å². The monoisotopic (exact) mass is 432 g/mol. The highest BCUT2D eigenvalue weighted by molar-refractivity contribution is 7.92. The Kier molecular flexibility index (Phi) is 7.89. The highest BCUT2D eigenvalue weighted by Gasteiger charge is 2.18. The number of amides is 1. The van der Waals surface area contributed by atoms with Gasteiger partial charge in [-0.25, -0.2) is 8.42 Å². The fourth-order valence-electron chi connectivity index (χ4n) is 3.46. The number of rotatable bonds is 9. The summed E-state index contributed by atoms with van der Waals surface area (Å²) in [6.07, 6.45) is 1.84. The van der Waals surface area contributed by atoms with Gasteiger partial charge in [0.2, 0.25) is 15.9 Å². The summed E-state index contributed by atoms with van der Waals surface area (Å²) < 4.78 is 30.9. The maximum Gasteiger partial charge on any atom is 0.232 e. The fourth-order valence-corrected chi connectivity index (χ4v) is 4.42. The smallest absolute Gasteiger partial charge is 0.232 e. The Labute approximate surface area is 180 Å². The van der Waals surface area contributed by atoms with Crippen LogP contribution in [0.5, 0.6) is 5.75 Å². The molecule has 2 rings (SSSR count). The minimum absolute atomic E-state index is 0.0942. The van der Waals surface area contributed by atoms with E-state index in [1.165, 1.54) is 21.7 Å². The summed E-state index contributed by atoms with van der Waals surface area (Å²) in [5.41, 5.74) is 5.23. The number of aryl methyl sites for hydroxylation is 3. The van der Waals surface area contributed by atoms with Crippen molar-refractivity contribution in [1.82, 2.24) is 5.32 Å². The molecule has 0 bridgehead atoms. The van der Waals surface area contributed by atoms with Crippen molar-refractivity contribution in [3.8, 4) is 5.75 Å². The van der Waals surface area contributed by atoms with E-state index in [-0.39, 0.29) is 24.9 Å². The highest BCUT2D eigenvalue weighted by Crippen LogP contribution is 2.23. The topological polar surface area (TPSA) is 75.7 Å². The summed E-state index contributed by atoms with van der Waals surface area (Å²) in [4.78, 5) is 12.4. The number of nitrogens with zero attached hydrogens (tertiary/aromatic N) is 1. The number of benzene rings is 2. The van der Waals surface area contributed by atoms with Gasteiger partial charge in [0.25, 0.3) is 0 Å². The van der Waals surface area contributed by atoms with Crippen molar-refractivity contribution in [2.75, 3.05) is 24.2 Å². The van der Waals surface area contributed by atoms with Crippen LogP contribution in [0.25, 0.3) is 0 Å². The molecule has 1 N–H and O–H groups in total. The lowest BCUT2D eigenvalue weighted by atomic mass is 9.96. The first-order chi connectivity index (χ1) is 14.0. The molecule has 7 heteroatoms. The first-order valence-corrected chi connectivity index (χ1v) is 11.9. The van der Waals surface area contributed by atoms with Gasteiger partial charge in [-0.3, -0.25) is 9.10 Å². The van der Waals surface area contributed by atoms with Crippen molar-refractivity contribution in [2.45, 2.75) is 46.6 Å². The van der Waals surface area contributed by atoms with E-state index in [9.17, 15) is 13.2 Å². The van der Waals surface area contributed by atoms with Gasteiger partial charge in [-0.2, -0.15) is 0 Å². The third-order valence-electron chi connectivity index (χ3n) is 5.25. The van der Waals surface area contributed by atoms with Gasteiger partial charge in [0.15, 0.2) is 0 Å². The van der Waals surface area contributed by atoms with Gasteiger partial charge in [-0.1, -0.05) is 12.1 Å². The Morgan fingerprint density at radius 3 is 2.23 bits per heavy atom. The minimum Gasteiger partial charge on any atom is -0.497 e. The van der Waals surface area contributed by atoms with Crippen LogP contribution in [-0.4, -0.2) is 34.2 Å². The number of hydrogen-bond acceptors (Lipinski definition) is 4. The first-order valence-electron chi connectivity index (χ1n) is 10.0. The van der Waals surface area contributed by atoms with Crippen LogP contribution < -0.4 is 14.4 Å². The summed E-state index contributed by atoms with van der Waals surface area (Å²) in [5, 5.41) is 3.03. The molecule has 164 valence electrons. The number of methoxy groups -OCH3 is 1. The van der Waals surface area contributed by atoms with Gasteiger partial charge in [0.05, 0.1) is 25.1 Å². The summed E-state index contributed by atoms with van der Waals surface area (Å²) >= 11 is 0. The third kappa shape index (κ3) is 6.23. The van der Waals surface area contributed by atoms with Gasteiger partial charge < -0.3 is 10.1 Å². The van der Waals surface area contributed by atoms with Gasteiger partial charge in [0, 0.05) is 13.0 Å². The van der Waals surface area contributed by atoms with E-state index in [1.807, 2.05) is 13.8 Å². The van der Waals surface area contributed by atoms with Crippen LogP contribution in [-0.2, 0) is 14.8 Å². The Morgan fingerprint density at radius 2 is 1.67 bits per heavy atom. The lowest BCUT2D eigenvalue weighted by Crippen LogP contribution is -2.32. The average Bonchev–Trinajstić information content (AvgIpc) is 2.67. The summed E-state index contributed by atoms with van der Waals surface area (Å²) in [5.74, 6) is 0.561. The van der Waals surface area contributed by atoms with Crippen LogP contribution in [0.4, 0.5) is 5.69 Å². The predicted molar refractivity (Wildman–Crippen MR) is 122 cm³/mol. The molecule has 0 saturated heterocycles. The van der Waals surface area contributed by atoms with Gasteiger partial charge >= 0.3 is 0 Å². The molecular weight excluding hydrogens is 400 g/mol. The van der Waals surface area contributed by atoms with Crippen molar-refractivity contribution in [1.29, 1.82) is 0 Å². The van der Waals surface area contributed by atoms with E-state index >= 15 is 0 Å². The lowest BCUT2D eigenvalue weighted by molar-refractivity contribution is -0.121. The number of hydrogen-bond donors (Lipinski definition) is 1. The number of nitrogens with one attached hydrogen (secondary N) is 1. The molecule has 0 unspecified atom stereocenters. The standard InChI is InChI=1S/C23H32N2O4S/c1-16-14-18(3)22(15-17(16)2)19(4)24-23(26)8-7-13-25(30(6,27)28)20-9-11-21(29-5)12-10-20/h9-12,14-15,19H,7-8,13H2,1-6H3,(H,24,26)/t19-/m0/s1. The zero-order chi connectivity index (χ0) is 22.5. The number of carbonyl (C=O) groups excluding carboxylic acids is 1. The van der Waals surface area contributed by atoms with Crippen LogP contribution in [0.15, 0.2) is 36.4 Å². The highest BCUT2D eigenvalue weighted by atomic mass is 32.2. The number of carbonyl (C=O) groups is 1. The molecule has 2 aromatic rings. The molecule has 0 aliphatic heterocycles. The largest absolute Gasteiger partial charge is 0.497 e. The molecule has 0 radical (unpaired) electrons. The Morgan fingerprint density at radius 1 is 1.07 bits per heavy atom. The van der Waals surface area contributed by atoms with Crippen molar-refractivity contribution in [3.63, 3.8) is 0 Å². The second kappa shape index (κ2) is 9.98. The Hall–Kier alpha value is -2.54. The molecule has 0 aliphatic rings. The summed E-state index contributed by atoms with van der Waals surface area (Å²) in [7, 11) is -1.90. The Balaban J connectivity index is 1.98. The molecule has 1 amide bonds. The maximum absolute atomic E-state index is 12.4. The van der Waals surface area contributed by atoms with Crippen LogP contribution >= 0.6 is 0 Å². The van der Waals surface area contributed by atoms with E-state index in [1.54, 1.807) is 31.4 Å². The molecular formula is C23H32N2O4S. The van der Waals surface area contributed by atoms with Crippen molar-refractivity contribution in [3.05, 3.63) is 58.7 Å². The summed E-state index contributed by atoms with van der Waals surface area (Å²) in [6.45, 7) is 8.38. The molecule has 0 heterocycles. The number of anilines is 1. The molecule has 2 aromatic carbocycles. The van der Waals surface area contributed by atoms with Crippen molar-refractivity contribution >= 4 is 21.6 Å². The number of ether oxygens (including phenoxy) is 1. The van der Waals surface area contributed by atoms with E-state index in [4.69, 9.17) is 4.74 Å². The van der Waals surface area contributed by atoms with Gasteiger partial charge in [0.1, 0.15) is 5.75 Å². The zero-order valence-electron chi connectivity index (χ0n) is 18.7. The fraction of sp³-hybridized carbons (Fsp3) is 0.435. The van der Waals surface area contributed by atoms with Crippen molar-refractivity contribution in [2.24, 2.45) is 0 Å². The van der Waals surface area contributed by atoms with Crippen LogP contribution in [0.3, 0.4) is 0 Å². The second-order valence-corrected chi connectivity index (χ2v) is 9.63. The second-order valence-electron chi connectivity index (χ2n) is 7.72. The first kappa shape index (κ1) is 23.7. The Bertz CT molecular complexity index is 985. The quantitative estimate of drug-likeness (QED) is 0.649. The van der Waals surface area contributed by atoms with E-state index in [0.717, 1.165) is 11.1 Å². The number of sulfonamides is 1. The van der Waals surface area contributed by atoms with E-state index in [0.29, 0.717) is 17.9 Å². The molecule has 0 aliphatic carbocycles. The molecule has 0 fully saturated rings. The normalized spacial score (nSPS) is 12.3. The van der Waals surface area contributed by atoms with Gasteiger partial charge in [-0.15, -0.1) is 0 Å². The SMILES string of the molecule is COc1ccc(N(CCCC(=O)N[C@@H](C)c2cc(C)c(C)cc2C)S(C)(=O)=O)cc1.